The lowest BCUT2D eigenvalue weighted by Crippen LogP contribution is -2.19. The molecular formula is C16H11F3N2O3. The average Bonchev–Trinajstić information content (AvgIpc) is 2.52. The Labute approximate surface area is 133 Å². The molecule has 8 heteroatoms. The smallest absolute Gasteiger partial charge is 0.422 e. The van der Waals surface area contributed by atoms with Crippen molar-refractivity contribution in [2.45, 2.75) is 6.18 Å². The summed E-state index contributed by atoms with van der Waals surface area (Å²) < 4.78 is 41.0. The predicted molar refractivity (Wildman–Crippen MR) is 81.0 cm³/mol. The van der Waals surface area contributed by atoms with E-state index in [9.17, 15) is 23.1 Å². The number of fused-ring (bicyclic) bond motifs is 1. The minimum atomic E-state index is -4.47. The van der Waals surface area contributed by atoms with E-state index in [2.05, 4.69) is 14.7 Å². The number of para-hydroxylation sites is 1. The number of ether oxygens (including phenoxy) is 1. The molecule has 5 nitrogen and oxygen atoms in total. The second kappa shape index (κ2) is 5.88. The van der Waals surface area contributed by atoms with Gasteiger partial charge in [-0.05, 0) is 24.3 Å². The van der Waals surface area contributed by atoms with Crippen LogP contribution >= 0.6 is 0 Å². The zero-order valence-corrected chi connectivity index (χ0v) is 12.1. The van der Waals surface area contributed by atoms with Crippen molar-refractivity contribution in [2.75, 3.05) is 6.61 Å². The second-order valence-corrected chi connectivity index (χ2v) is 5.01. The molecule has 0 aliphatic heterocycles. The van der Waals surface area contributed by atoms with Crippen LogP contribution in [-0.4, -0.2) is 27.9 Å². The maximum absolute atomic E-state index is 12.1. The molecule has 2 N–H and O–H groups in total. The first-order valence-corrected chi connectivity index (χ1v) is 6.85. The van der Waals surface area contributed by atoms with E-state index in [1.54, 1.807) is 24.3 Å². The van der Waals surface area contributed by atoms with Crippen molar-refractivity contribution in [3.05, 3.63) is 52.8 Å². The van der Waals surface area contributed by atoms with E-state index in [1.807, 2.05) is 0 Å². The number of H-pyrrole nitrogens is 1. The molecule has 0 radical (unpaired) electrons. The Kier molecular flexibility index (Phi) is 3.88. The van der Waals surface area contributed by atoms with E-state index in [-0.39, 0.29) is 28.4 Å². The van der Waals surface area contributed by atoms with Crippen molar-refractivity contribution in [2.24, 2.45) is 0 Å². The predicted octanol–water partition coefficient (Wildman–Crippen LogP) is 3.24. The summed E-state index contributed by atoms with van der Waals surface area (Å²) in [4.78, 5) is 18.8. The molecule has 0 saturated heterocycles. The van der Waals surface area contributed by atoms with Gasteiger partial charge in [0.25, 0.3) is 5.56 Å². The molecule has 2 aromatic carbocycles. The molecule has 3 aromatic rings. The molecule has 0 fully saturated rings. The van der Waals surface area contributed by atoms with Crippen LogP contribution in [0.25, 0.3) is 22.3 Å². The van der Waals surface area contributed by atoms with E-state index in [1.165, 1.54) is 12.1 Å². The van der Waals surface area contributed by atoms with Gasteiger partial charge in [-0.3, -0.25) is 4.79 Å². The number of aromatic hydroxyl groups is 1. The number of rotatable bonds is 3. The number of halogens is 3. The number of hydrogen-bond donors (Lipinski definition) is 2. The highest BCUT2D eigenvalue weighted by Crippen LogP contribution is 2.31. The van der Waals surface area contributed by atoms with Gasteiger partial charge in [0.15, 0.2) is 6.61 Å². The number of alkyl halides is 3. The van der Waals surface area contributed by atoms with Crippen molar-refractivity contribution < 1.29 is 23.0 Å². The van der Waals surface area contributed by atoms with Crippen LogP contribution in [0.15, 0.2) is 47.3 Å². The summed E-state index contributed by atoms with van der Waals surface area (Å²) in [6, 6.07) is 10.3. The van der Waals surface area contributed by atoms with Crippen LogP contribution in [0, 0.1) is 0 Å². The maximum atomic E-state index is 12.1. The molecule has 1 aromatic heterocycles. The van der Waals surface area contributed by atoms with Gasteiger partial charge < -0.3 is 14.8 Å². The Bertz CT molecular complexity index is 951. The normalized spacial score (nSPS) is 11.6. The molecule has 0 saturated carbocycles. The van der Waals surface area contributed by atoms with E-state index >= 15 is 0 Å². The van der Waals surface area contributed by atoms with E-state index in [4.69, 9.17) is 0 Å². The van der Waals surface area contributed by atoms with Crippen LogP contribution in [0.3, 0.4) is 0 Å². The molecule has 3 rings (SSSR count). The SMILES string of the molecule is O=c1[nH]c(-c2ccc(OCC(F)(F)F)cc2O)nc2ccccc12. The van der Waals surface area contributed by atoms with E-state index in [0.717, 1.165) is 6.07 Å². The molecule has 0 bridgehead atoms. The first kappa shape index (κ1) is 15.9. The summed E-state index contributed by atoms with van der Waals surface area (Å²) in [5.74, 6) is -0.386. The number of benzene rings is 2. The summed E-state index contributed by atoms with van der Waals surface area (Å²) in [6.07, 6.45) is -4.47. The molecule has 1 heterocycles. The molecule has 0 aliphatic carbocycles. The van der Waals surface area contributed by atoms with Crippen molar-refractivity contribution in [3.8, 4) is 22.9 Å². The van der Waals surface area contributed by atoms with Crippen LogP contribution < -0.4 is 10.3 Å². The van der Waals surface area contributed by atoms with Gasteiger partial charge in [0.1, 0.15) is 17.3 Å². The quantitative estimate of drug-likeness (QED) is 0.770. The molecule has 0 spiro atoms. The lowest BCUT2D eigenvalue weighted by atomic mass is 10.1. The summed E-state index contributed by atoms with van der Waals surface area (Å²) in [5, 5.41) is 10.4. The second-order valence-electron chi connectivity index (χ2n) is 5.01. The molecule has 124 valence electrons. The van der Waals surface area contributed by atoms with Gasteiger partial charge in [-0.15, -0.1) is 0 Å². The Morgan fingerprint density at radius 3 is 2.62 bits per heavy atom. The highest BCUT2D eigenvalue weighted by Gasteiger charge is 2.28. The van der Waals surface area contributed by atoms with Crippen LogP contribution in [0.4, 0.5) is 13.2 Å². The van der Waals surface area contributed by atoms with E-state index in [0.29, 0.717) is 10.9 Å². The van der Waals surface area contributed by atoms with Gasteiger partial charge in [-0.1, -0.05) is 12.1 Å². The van der Waals surface area contributed by atoms with Crippen LogP contribution in [0.1, 0.15) is 0 Å². The lowest BCUT2D eigenvalue weighted by molar-refractivity contribution is -0.153. The fraction of sp³-hybridized carbons (Fsp3) is 0.125. The van der Waals surface area contributed by atoms with Crippen LogP contribution in [0.2, 0.25) is 0 Å². The molecule has 24 heavy (non-hydrogen) atoms. The third kappa shape index (κ3) is 3.32. The lowest BCUT2D eigenvalue weighted by Gasteiger charge is -2.11. The Morgan fingerprint density at radius 1 is 1.17 bits per heavy atom. The molecule has 0 amide bonds. The van der Waals surface area contributed by atoms with Crippen molar-refractivity contribution in [1.29, 1.82) is 0 Å². The van der Waals surface area contributed by atoms with E-state index < -0.39 is 12.8 Å². The highest BCUT2D eigenvalue weighted by atomic mass is 19.4. The topological polar surface area (TPSA) is 75.2 Å². The minimum absolute atomic E-state index is 0.110. The summed E-state index contributed by atoms with van der Waals surface area (Å²) in [5.41, 5.74) is 0.234. The number of phenols is 1. The summed E-state index contributed by atoms with van der Waals surface area (Å²) >= 11 is 0. The fourth-order valence-corrected chi connectivity index (χ4v) is 2.18. The van der Waals surface area contributed by atoms with Crippen molar-refractivity contribution in [1.82, 2.24) is 9.97 Å². The first-order chi connectivity index (χ1) is 11.3. The maximum Gasteiger partial charge on any atom is 0.422 e. The van der Waals surface area contributed by atoms with Gasteiger partial charge >= 0.3 is 6.18 Å². The van der Waals surface area contributed by atoms with Crippen molar-refractivity contribution >= 4 is 10.9 Å². The third-order valence-electron chi connectivity index (χ3n) is 3.24. The Balaban J connectivity index is 1.97. The Morgan fingerprint density at radius 2 is 1.92 bits per heavy atom. The number of hydrogen-bond acceptors (Lipinski definition) is 4. The van der Waals surface area contributed by atoms with Gasteiger partial charge in [0, 0.05) is 6.07 Å². The largest absolute Gasteiger partial charge is 0.507 e. The van der Waals surface area contributed by atoms with Crippen LogP contribution in [0.5, 0.6) is 11.5 Å². The number of aromatic amines is 1. The van der Waals surface area contributed by atoms with Gasteiger partial charge in [-0.25, -0.2) is 4.98 Å². The molecular weight excluding hydrogens is 325 g/mol. The van der Waals surface area contributed by atoms with Gasteiger partial charge in [0.2, 0.25) is 0 Å². The average molecular weight is 336 g/mol. The third-order valence-corrected chi connectivity index (χ3v) is 3.24. The summed E-state index contributed by atoms with van der Waals surface area (Å²) in [6.45, 7) is -1.46. The molecule has 0 aliphatic rings. The first-order valence-electron chi connectivity index (χ1n) is 6.85. The highest BCUT2D eigenvalue weighted by molar-refractivity contribution is 5.80. The van der Waals surface area contributed by atoms with Gasteiger partial charge in [-0.2, -0.15) is 13.2 Å². The standard InChI is InChI=1S/C16H11F3N2O3/c17-16(18,19)8-24-9-5-6-11(13(22)7-9)14-20-12-4-2-1-3-10(12)15(23)21-14/h1-7,22H,8H2,(H,20,21,23). The fourth-order valence-electron chi connectivity index (χ4n) is 2.18. The molecule has 0 atom stereocenters. The number of aromatic nitrogens is 2. The van der Waals surface area contributed by atoms with Crippen LogP contribution in [-0.2, 0) is 0 Å². The number of phenolic OH excluding ortho intramolecular Hbond substituents is 1. The zero-order chi connectivity index (χ0) is 17.3. The Hall–Kier alpha value is -3.03. The number of nitrogens with zero attached hydrogens (tertiary/aromatic N) is 1. The number of nitrogens with one attached hydrogen (secondary N) is 1. The monoisotopic (exact) mass is 336 g/mol. The summed E-state index contributed by atoms with van der Waals surface area (Å²) in [7, 11) is 0. The minimum Gasteiger partial charge on any atom is -0.507 e. The van der Waals surface area contributed by atoms with Gasteiger partial charge in [0.05, 0.1) is 16.5 Å². The zero-order valence-electron chi connectivity index (χ0n) is 12.1. The molecule has 0 unspecified atom stereocenters. The van der Waals surface area contributed by atoms with Crippen molar-refractivity contribution in [3.63, 3.8) is 0 Å².